The summed E-state index contributed by atoms with van der Waals surface area (Å²) in [4.78, 5) is 34.1. The first-order chi connectivity index (χ1) is 12.6. The molecule has 2 aromatic carbocycles. The molecule has 1 aromatic heterocycles. The smallest absolute Gasteiger partial charge is 0.251 e. The van der Waals surface area contributed by atoms with E-state index >= 15 is 0 Å². The molecule has 1 atom stereocenters. The van der Waals surface area contributed by atoms with E-state index in [1.54, 1.807) is 17.0 Å². The van der Waals surface area contributed by atoms with Crippen LogP contribution >= 0.6 is 0 Å². The Hall–Kier alpha value is -3.15. The lowest BCUT2D eigenvalue weighted by Gasteiger charge is -2.17. The predicted octanol–water partition coefficient (Wildman–Crippen LogP) is 3.18. The van der Waals surface area contributed by atoms with Gasteiger partial charge in [0.05, 0.1) is 17.1 Å². The highest BCUT2D eigenvalue weighted by molar-refractivity contribution is 5.99. The lowest BCUT2D eigenvalue weighted by Crippen LogP contribution is -2.28. The van der Waals surface area contributed by atoms with Crippen LogP contribution in [0.3, 0.4) is 0 Å². The Morgan fingerprint density at radius 3 is 2.85 bits per heavy atom. The minimum Gasteiger partial charge on any atom is -0.342 e. The minimum absolute atomic E-state index is 0.109. The molecule has 0 saturated carbocycles. The molecule has 1 saturated heterocycles. The Labute approximate surface area is 151 Å². The number of carbonyl (C=O) groups excluding carboxylic acids is 2. The number of amides is 2. The molecule has 3 aromatic rings. The monoisotopic (exact) mass is 348 g/mol. The lowest BCUT2D eigenvalue weighted by molar-refractivity contribution is -0.117. The molecule has 132 valence electrons. The average Bonchev–Trinajstić information content (AvgIpc) is 3.27. The predicted molar refractivity (Wildman–Crippen MR) is 100 cm³/mol. The number of rotatable bonds is 4. The summed E-state index contributed by atoms with van der Waals surface area (Å²) in [6.07, 6.45) is 1.43. The molecule has 0 aliphatic carbocycles. The van der Waals surface area contributed by atoms with Gasteiger partial charge in [-0.25, -0.2) is 4.98 Å². The number of fused-ring (bicyclic) bond motifs is 1. The summed E-state index contributed by atoms with van der Waals surface area (Å²) in [6, 6.07) is 14.7. The highest BCUT2D eigenvalue weighted by atomic mass is 16.2. The van der Waals surface area contributed by atoms with Crippen molar-refractivity contribution in [2.24, 2.45) is 0 Å². The van der Waals surface area contributed by atoms with Gasteiger partial charge in [0.1, 0.15) is 5.82 Å². The fourth-order valence-electron chi connectivity index (χ4n) is 3.26. The molecule has 2 heterocycles. The highest BCUT2D eigenvalue weighted by Crippen LogP contribution is 2.23. The Morgan fingerprint density at radius 1 is 1.23 bits per heavy atom. The quantitative estimate of drug-likeness (QED) is 0.760. The summed E-state index contributed by atoms with van der Waals surface area (Å²) in [5.74, 6) is 0.634. The summed E-state index contributed by atoms with van der Waals surface area (Å²) >= 11 is 0. The fraction of sp³-hybridized carbons (Fsp3) is 0.250. The maximum absolute atomic E-state index is 12.6. The molecule has 0 unspecified atom stereocenters. The summed E-state index contributed by atoms with van der Waals surface area (Å²) in [5, 5.41) is 2.97. The minimum atomic E-state index is -0.257. The van der Waals surface area contributed by atoms with Crippen LogP contribution in [0.2, 0.25) is 0 Å². The van der Waals surface area contributed by atoms with E-state index in [4.69, 9.17) is 0 Å². The van der Waals surface area contributed by atoms with E-state index in [-0.39, 0.29) is 17.9 Å². The Bertz CT molecular complexity index is 946. The molecule has 4 rings (SSSR count). The number of para-hydroxylation sites is 2. The summed E-state index contributed by atoms with van der Waals surface area (Å²) in [7, 11) is 0. The largest absolute Gasteiger partial charge is 0.342 e. The molecule has 1 fully saturated rings. The lowest BCUT2D eigenvalue weighted by atomic mass is 10.1. The normalized spacial score (nSPS) is 15.4. The van der Waals surface area contributed by atoms with Crippen LogP contribution in [0.15, 0.2) is 48.5 Å². The van der Waals surface area contributed by atoms with Gasteiger partial charge >= 0.3 is 0 Å². The van der Waals surface area contributed by atoms with E-state index in [0.717, 1.165) is 23.1 Å². The number of nitrogens with zero attached hydrogens (tertiary/aromatic N) is 2. The Kier molecular flexibility index (Phi) is 4.16. The van der Waals surface area contributed by atoms with Crippen molar-refractivity contribution in [2.75, 3.05) is 11.4 Å². The number of benzene rings is 2. The van der Waals surface area contributed by atoms with Gasteiger partial charge in [0.25, 0.3) is 5.91 Å². The third kappa shape index (κ3) is 3.06. The maximum Gasteiger partial charge on any atom is 0.251 e. The third-order valence-electron chi connectivity index (χ3n) is 4.66. The molecule has 1 aliphatic heterocycles. The van der Waals surface area contributed by atoms with Crippen LogP contribution in [0.25, 0.3) is 11.0 Å². The van der Waals surface area contributed by atoms with Crippen LogP contribution in [-0.2, 0) is 4.79 Å². The number of carbonyl (C=O) groups is 2. The summed E-state index contributed by atoms with van der Waals surface area (Å²) in [5.41, 5.74) is 3.12. The Morgan fingerprint density at radius 2 is 2.08 bits per heavy atom. The number of H-pyrrole nitrogens is 1. The van der Waals surface area contributed by atoms with Gasteiger partial charge in [-0.1, -0.05) is 18.2 Å². The van der Waals surface area contributed by atoms with E-state index < -0.39 is 0 Å². The zero-order valence-corrected chi connectivity index (χ0v) is 14.5. The molecule has 6 heteroatoms. The van der Waals surface area contributed by atoms with Crippen LogP contribution in [0.4, 0.5) is 5.69 Å². The maximum atomic E-state index is 12.6. The highest BCUT2D eigenvalue weighted by Gasteiger charge is 2.22. The van der Waals surface area contributed by atoms with Crippen molar-refractivity contribution < 1.29 is 9.59 Å². The molecule has 0 spiro atoms. The standard InChI is InChI=1S/C20H20N4O2/c1-13(19-22-16-8-2-3-9-17(16)23-19)21-20(26)14-6-4-7-15(12-14)24-11-5-10-18(24)25/h2-4,6-9,12-13H,5,10-11H2,1H3,(H,21,26)(H,22,23)/t13-/m1/s1. The van der Waals surface area contributed by atoms with E-state index in [9.17, 15) is 9.59 Å². The van der Waals surface area contributed by atoms with Gasteiger partial charge in [-0.2, -0.15) is 0 Å². The first-order valence-electron chi connectivity index (χ1n) is 8.78. The summed E-state index contributed by atoms with van der Waals surface area (Å²) in [6.45, 7) is 2.60. The molecule has 26 heavy (non-hydrogen) atoms. The molecule has 0 bridgehead atoms. The molecule has 6 nitrogen and oxygen atoms in total. The molecule has 1 aliphatic rings. The van der Waals surface area contributed by atoms with Crippen molar-refractivity contribution in [3.63, 3.8) is 0 Å². The first kappa shape index (κ1) is 16.3. The van der Waals surface area contributed by atoms with Gasteiger partial charge in [-0.15, -0.1) is 0 Å². The fourth-order valence-corrected chi connectivity index (χ4v) is 3.26. The van der Waals surface area contributed by atoms with Crippen molar-refractivity contribution in [3.05, 3.63) is 59.9 Å². The van der Waals surface area contributed by atoms with Gasteiger partial charge in [0.2, 0.25) is 5.91 Å². The second-order valence-electron chi connectivity index (χ2n) is 6.53. The van der Waals surface area contributed by atoms with E-state index in [2.05, 4.69) is 15.3 Å². The van der Waals surface area contributed by atoms with E-state index in [1.165, 1.54) is 0 Å². The van der Waals surface area contributed by atoms with Gasteiger partial charge in [0, 0.05) is 24.2 Å². The Balaban J connectivity index is 1.51. The van der Waals surface area contributed by atoms with Gasteiger partial charge in [-0.3, -0.25) is 9.59 Å². The van der Waals surface area contributed by atoms with Gasteiger partial charge < -0.3 is 15.2 Å². The third-order valence-corrected chi connectivity index (χ3v) is 4.66. The molecular formula is C20H20N4O2. The van der Waals surface area contributed by atoms with E-state index in [1.807, 2.05) is 43.3 Å². The van der Waals surface area contributed by atoms with Crippen molar-refractivity contribution in [1.29, 1.82) is 0 Å². The van der Waals surface area contributed by atoms with Crippen molar-refractivity contribution in [2.45, 2.75) is 25.8 Å². The van der Waals surface area contributed by atoms with Gasteiger partial charge in [0.15, 0.2) is 0 Å². The average molecular weight is 348 g/mol. The number of aromatic nitrogens is 2. The van der Waals surface area contributed by atoms with Crippen LogP contribution in [0.1, 0.15) is 42.0 Å². The van der Waals surface area contributed by atoms with Crippen LogP contribution in [-0.4, -0.2) is 28.3 Å². The van der Waals surface area contributed by atoms with Gasteiger partial charge in [-0.05, 0) is 43.7 Å². The van der Waals surface area contributed by atoms with Crippen LogP contribution in [0.5, 0.6) is 0 Å². The molecule has 0 radical (unpaired) electrons. The zero-order chi connectivity index (χ0) is 18.1. The van der Waals surface area contributed by atoms with E-state index in [0.29, 0.717) is 24.4 Å². The first-order valence-corrected chi connectivity index (χ1v) is 8.78. The second-order valence-corrected chi connectivity index (χ2v) is 6.53. The van der Waals surface area contributed by atoms with Crippen LogP contribution < -0.4 is 10.2 Å². The number of nitrogens with one attached hydrogen (secondary N) is 2. The number of aromatic amines is 1. The second kappa shape index (κ2) is 6.63. The molecule has 2 N–H and O–H groups in total. The topological polar surface area (TPSA) is 78.1 Å². The van der Waals surface area contributed by atoms with Crippen molar-refractivity contribution in [1.82, 2.24) is 15.3 Å². The number of hydrogen-bond donors (Lipinski definition) is 2. The van der Waals surface area contributed by atoms with Crippen molar-refractivity contribution >= 4 is 28.5 Å². The SMILES string of the molecule is C[C@@H](NC(=O)c1cccc(N2CCCC2=O)c1)c1nc2ccccc2[nH]1. The molecule has 2 amide bonds. The molecular weight excluding hydrogens is 328 g/mol. The number of anilines is 1. The van der Waals surface area contributed by atoms with Crippen LogP contribution in [0, 0.1) is 0 Å². The summed E-state index contributed by atoms with van der Waals surface area (Å²) < 4.78 is 0. The number of imidazole rings is 1. The number of hydrogen-bond acceptors (Lipinski definition) is 3. The van der Waals surface area contributed by atoms with Crippen molar-refractivity contribution in [3.8, 4) is 0 Å². The zero-order valence-electron chi connectivity index (χ0n) is 14.5.